The molecule has 2 aromatic carbocycles. The lowest BCUT2D eigenvalue weighted by atomic mass is 10.1. The molecule has 1 heterocycles. The number of hydrogen-bond donors (Lipinski definition) is 1. The molecule has 116 valence electrons. The summed E-state index contributed by atoms with van der Waals surface area (Å²) in [5.74, 6) is 1.59. The molecule has 0 aliphatic carbocycles. The maximum Gasteiger partial charge on any atom is 0.149 e. The monoisotopic (exact) mass is 369 g/mol. The van der Waals surface area contributed by atoms with E-state index in [0.29, 0.717) is 6.54 Å². The van der Waals surface area contributed by atoms with Gasteiger partial charge in [-0.2, -0.15) is 5.10 Å². The van der Waals surface area contributed by atoms with Crippen molar-refractivity contribution in [2.45, 2.75) is 6.54 Å². The zero-order valence-corrected chi connectivity index (χ0v) is 14.2. The van der Waals surface area contributed by atoms with Gasteiger partial charge in [0.15, 0.2) is 0 Å². The van der Waals surface area contributed by atoms with Crippen LogP contribution in [0.2, 0.25) is 0 Å². The maximum absolute atomic E-state index is 5.36. The number of benzene rings is 2. The van der Waals surface area contributed by atoms with Crippen LogP contribution < -0.4 is 10.1 Å². The Morgan fingerprint density at radius 1 is 1.04 bits per heavy atom. The van der Waals surface area contributed by atoms with Gasteiger partial charge in [-0.3, -0.25) is 0 Å². The quantitative estimate of drug-likeness (QED) is 0.717. The predicted molar refractivity (Wildman–Crippen MR) is 95.5 cm³/mol. The number of methoxy groups -OCH3 is 1. The summed E-state index contributed by atoms with van der Waals surface area (Å²) in [6, 6.07) is 18.0. The summed E-state index contributed by atoms with van der Waals surface area (Å²) < 4.78 is 6.40. The van der Waals surface area contributed by atoms with Crippen LogP contribution in [0.3, 0.4) is 0 Å². The van der Waals surface area contributed by atoms with Gasteiger partial charge in [0.25, 0.3) is 0 Å². The van der Waals surface area contributed by atoms with E-state index in [4.69, 9.17) is 4.74 Å². The molecule has 0 amide bonds. The molecule has 0 atom stereocenters. The van der Waals surface area contributed by atoms with Crippen molar-refractivity contribution < 1.29 is 4.74 Å². The van der Waals surface area contributed by atoms with Crippen LogP contribution in [0, 0.1) is 0 Å². The summed E-state index contributed by atoms with van der Waals surface area (Å²) in [5.41, 5.74) is 3.18. The van der Waals surface area contributed by atoms with Crippen molar-refractivity contribution in [3.05, 3.63) is 70.8 Å². The van der Waals surface area contributed by atoms with Crippen LogP contribution in [0.5, 0.6) is 5.75 Å². The van der Waals surface area contributed by atoms with Gasteiger partial charge in [0, 0.05) is 22.1 Å². The molecule has 0 saturated heterocycles. The second kappa shape index (κ2) is 7.24. The fourth-order valence-corrected chi connectivity index (χ4v) is 2.71. The molecule has 3 rings (SSSR count). The van der Waals surface area contributed by atoms with Gasteiger partial charge < -0.3 is 10.1 Å². The molecule has 23 heavy (non-hydrogen) atoms. The van der Waals surface area contributed by atoms with Gasteiger partial charge in [0.05, 0.1) is 13.3 Å². The van der Waals surface area contributed by atoms with Gasteiger partial charge in [-0.15, -0.1) is 5.10 Å². The molecule has 0 radical (unpaired) electrons. The van der Waals surface area contributed by atoms with Crippen LogP contribution in [0.25, 0.3) is 11.1 Å². The first-order valence-corrected chi connectivity index (χ1v) is 8.00. The van der Waals surface area contributed by atoms with Crippen molar-refractivity contribution in [3.8, 4) is 16.9 Å². The molecule has 0 spiro atoms. The summed E-state index contributed by atoms with van der Waals surface area (Å²) in [5, 5.41) is 11.5. The molecule has 4 nitrogen and oxygen atoms in total. The van der Waals surface area contributed by atoms with E-state index in [1.165, 1.54) is 0 Å². The van der Waals surface area contributed by atoms with Crippen molar-refractivity contribution in [3.63, 3.8) is 0 Å². The van der Waals surface area contributed by atoms with Crippen molar-refractivity contribution in [2.24, 2.45) is 0 Å². The Bertz CT molecular complexity index is 808. The minimum Gasteiger partial charge on any atom is -0.496 e. The van der Waals surface area contributed by atoms with Gasteiger partial charge in [-0.1, -0.05) is 46.3 Å². The Balaban J connectivity index is 1.78. The van der Waals surface area contributed by atoms with E-state index >= 15 is 0 Å². The van der Waals surface area contributed by atoms with Gasteiger partial charge >= 0.3 is 0 Å². The minimum absolute atomic E-state index is 0.626. The Labute approximate surface area is 143 Å². The highest BCUT2D eigenvalue weighted by atomic mass is 79.9. The number of nitrogens with one attached hydrogen (secondary N) is 1. The number of rotatable bonds is 5. The van der Waals surface area contributed by atoms with Crippen LogP contribution in [0.4, 0.5) is 5.82 Å². The first-order valence-electron chi connectivity index (χ1n) is 7.21. The predicted octanol–water partition coefficient (Wildman–Crippen LogP) is 4.53. The Hall–Kier alpha value is -2.40. The number of nitrogens with zero attached hydrogens (tertiary/aromatic N) is 2. The number of aromatic nitrogens is 2. The molecular weight excluding hydrogens is 354 g/mol. The molecule has 0 saturated carbocycles. The standard InChI is InChI=1S/C18H16BrN3O/c1-23-17-8-3-2-5-14(17)11-20-18-10-15(12-21-22-18)13-6-4-7-16(19)9-13/h2-10,12H,11H2,1H3,(H,20,22). The number of ether oxygens (including phenoxy) is 1. The van der Waals surface area contributed by atoms with Crippen LogP contribution in [-0.2, 0) is 6.54 Å². The van der Waals surface area contributed by atoms with E-state index in [1.807, 2.05) is 48.5 Å². The summed E-state index contributed by atoms with van der Waals surface area (Å²) in [7, 11) is 1.67. The van der Waals surface area contributed by atoms with Crippen molar-refractivity contribution in [2.75, 3.05) is 12.4 Å². The number of anilines is 1. The lowest BCUT2D eigenvalue weighted by Crippen LogP contribution is -2.04. The highest BCUT2D eigenvalue weighted by Gasteiger charge is 2.04. The maximum atomic E-state index is 5.36. The molecule has 0 fully saturated rings. The lowest BCUT2D eigenvalue weighted by Gasteiger charge is -2.10. The fraction of sp³-hybridized carbons (Fsp3) is 0.111. The van der Waals surface area contributed by atoms with Crippen molar-refractivity contribution in [1.82, 2.24) is 10.2 Å². The zero-order valence-electron chi connectivity index (χ0n) is 12.7. The van der Waals surface area contributed by atoms with Gasteiger partial charge in [-0.25, -0.2) is 0 Å². The summed E-state index contributed by atoms with van der Waals surface area (Å²) >= 11 is 3.49. The molecule has 1 aromatic heterocycles. The average Bonchev–Trinajstić information content (AvgIpc) is 2.60. The fourth-order valence-electron chi connectivity index (χ4n) is 2.31. The number of para-hydroxylation sites is 1. The molecular formula is C18H16BrN3O. The molecule has 3 aromatic rings. The smallest absolute Gasteiger partial charge is 0.149 e. The normalized spacial score (nSPS) is 10.3. The summed E-state index contributed by atoms with van der Waals surface area (Å²) in [6.07, 6.45) is 1.76. The third-order valence-electron chi connectivity index (χ3n) is 3.46. The molecule has 0 aliphatic heterocycles. The largest absolute Gasteiger partial charge is 0.496 e. The van der Waals surface area contributed by atoms with E-state index in [1.54, 1.807) is 13.3 Å². The van der Waals surface area contributed by atoms with E-state index in [0.717, 1.165) is 32.7 Å². The van der Waals surface area contributed by atoms with Gasteiger partial charge in [0.2, 0.25) is 0 Å². The van der Waals surface area contributed by atoms with E-state index in [9.17, 15) is 0 Å². The van der Waals surface area contributed by atoms with Gasteiger partial charge in [-0.05, 0) is 29.8 Å². The van der Waals surface area contributed by atoms with Crippen LogP contribution in [0.15, 0.2) is 65.3 Å². The summed E-state index contributed by atoms with van der Waals surface area (Å²) in [4.78, 5) is 0. The van der Waals surface area contributed by atoms with E-state index in [2.05, 4.69) is 37.5 Å². The topological polar surface area (TPSA) is 47.0 Å². The van der Waals surface area contributed by atoms with Crippen molar-refractivity contribution >= 4 is 21.7 Å². The second-order valence-electron chi connectivity index (χ2n) is 5.01. The third kappa shape index (κ3) is 3.87. The van der Waals surface area contributed by atoms with Crippen LogP contribution >= 0.6 is 15.9 Å². The molecule has 5 heteroatoms. The van der Waals surface area contributed by atoms with Gasteiger partial charge in [0.1, 0.15) is 11.6 Å². The second-order valence-corrected chi connectivity index (χ2v) is 5.92. The molecule has 1 N–H and O–H groups in total. The Kier molecular flexibility index (Phi) is 4.88. The first-order chi connectivity index (χ1) is 11.3. The average molecular weight is 370 g/mol. The molecule has 0 aliphatic rings. The Morgan fingerprint density at radius 3 is 2.74 bits per heavy atom. The number of hydrogen-bond acceptors (Lipinski definition) is 4. The van der Waals surface area contributed by atoms with E-state index < -0.39 is 0 Å². The first kappa shape index (κ1) is 15.5. The summed E-state index contributed by atoms with van der Waals surface area (Å²) in [6.45, 7) is 0.626. The minimum atomic E-state index is 0.626. The highest BCUT2D eigenvalue weighted by molar-refractivity contribution is 9.10. The van der Waals surface area contributed by atoms with E-state index in [-0.39, 0.29) is 0 Å². The van der Waals surface area contributed by atoms with Crippen LogP contribution in [-0.4, -0.2) is 17.3 Å². The number of halogens is 1. The lowest BCUT2D eigenvalue weighted by molar-refractivity contribution is 0.410. The molecule has 0 bridgehead atoms. The zero-order chi connectivity index (χ0) is 16.1. The highest BCUT2D eigenvalue weighted by Crippen LogP contribution is 2.24. The Morgan fingerprint density at radius 2 is 1.91 bits per heavy atom. The SMILES string of the molecule is COc1ccccc1CNc1cc(-c2cccc(Br)c2)cnn1. The molecule has 0 unspecified atom stereocenters. The van der Waals surface area contributed by atoms with Crippen molar-refractivity contribution in [1.29, 1.82) is 0 Å². The van der Waals surface area contributed by atoms with Crippen LogP contribution in [0.1, 0.15) is 5.56 Å². The third-order valence-corrected chi connectivity index (χ3v) is 3.96.